The molecule has 0 saturated carbocycles. The lowest BCUT2D eigenvalue weighted by atomic mass is 10.0. The molecule has 1 N–H and O–H groups in total. The molecule has 0 amide bonds. The van der Waals surface area contributed by atoms with E-state index in [1.807, 2.05) is 6.07 Å². The molecule has 0 spiro atoms. The summed E-state index contributed by atoms with van der Waals surface area (Å²) >= 11 is 3.81. The van der Waals surface area contributed by atoms with Crippen LogP contribution in [0.15, 0.2) is 66.7 Å². The van der Waals surface area contributed by atoms with Crippen molar-refractivity contribution in [1.29, 1.82) is 5.41 Å². The van der Waals surface area contributed by atoms with Gasteiger partial charge in [-0.05, 0) is 29.7 Å². The number of hydrogen-bond donors (Lipinski definition) is 1. The Morgan fingerprint density at radius 1 is 0.810 bits per heavy atom. The van der Waals surface area contributed by atoms with Crippen molar-refractivity contribution < 1.29 is 0 Å². The molecule has 0 unspecified atom stereocenters. The molecule has 4 aromatic rings. The van der Waals surface area contributed by atoms with Crippen molar-refractivity contribution in [3.63, 3.8) is 0 Å². The number of pyridine rings is 1. The van der Waals surface area contributed by atoms with Gasteiger partial charge in [-0.15, -0.1) is 0 Å². The van der Waals surface area contributed by atoms with Crippen molar-refractivity contribution in [1.82, 2.24) is 4.98 Å². The molecule has 0 saturated heterocycles. The van der Waals surface area contributed by atoms with Crippen molar-refractivity contribution in [3.05, 3.63) is 66.7 Å². The normalized spacial score (nSPS) is 10.1. The van der Waals surface area contributed by atoms with E-state index in [4.69, 9.17) is 10.4 Å². The van der Waals surface area contributed by atoms with Gasteiger partial charge in [0.1, 0.15) is 0 Å². The maximum Gasteiger partial charge on any atom is 0.0788 e. The number of thiocarbonyl (C=S) groups is 1. The fourth-order valence-corrected chi connectivity index (χ4v) is 2.51. The summed E-state index contributed by atoms with van der Waals surface area (Å²) in [4.78, 5) is 4.81. The molecule has 1 heterocycles. The molecule has 3 aromatic carbocycles. The topological polar surface area (TPSA) is 36.7 Å². The van der Waals surface area contributed by atoms with E-state index < -0.39 is 0 Å². The van der Waals surface area contributed by atoms with Crippen molar-refractivity contribution in [3.8, 4) is 0 Å². The van der Waals surface area contributed by atoms with Gasteiger partial charge in [0.05, 0.1) is 16.2 Å². The fourth-order valence-electron chi connectivity index (χ4n) is 2.51. The minimum absolute atomic E-state index is 1.06. The lowest BCUT2D eigenvalue weighted by Crippen LogP contribution is -1.84. The van der Waals surface area contributed by atoms with Gasteiger partial charge in [0.25, 0.3) is 0 Å². The van der Waals surface area contributed by atoms with E-state index in [0.29, 0.717) is 0 Å². The van der Waals surface area contributed by atoms with Crippen LogP contribution in [-0.4, -0.2) is 10.1 Å². The molecule has 0 aliphatic heterocycles. The number of benzene rings is 3. The van der Waals surface area contributed by atoms with Crippen molar-refractivity contribution in [2.45, 2.75) is 0 Å². The highest BCUT2D eigenvalue weighted by molar-refractivity contribution is 7.78. The third-order valence-corrected chi connectivity index (χ3v) is 3.41. The molecule has 0 aliphatic carbocycles. The summed E-state index contributed by atoms with van der Waals surface area (Å²) in [5, 5.41) is 12.2. The van der Waals surface area contributed by atoms with Gasteiger partial charge in [0, 0.05) is 16.2 Å². The molecule has 0 bridgehead atoms. The van der Waals surface area contributed by atoms with Crippen LogP contribution >= 0.6 is 12.2 Å². The second-order valence-electron chi connectivity index (χ2n) is 4.64. The third-order valence-electron chi connectivity index (χ3n) is 3.41. The molecular weight excluding hydrogens is 276 g/mol. The van der Waals surface area contributed by atoms with Gasteiger partial charge in [-0.1, -0.05) is 54.6 Å². The first kappa shape index (κ1) is 13.4. The SMILES string of the molecule is N=C=S.c1ccc2nc3c(ccc4ccccc43)cc2c1. The first-order chi connectivity index (χ1) is 10.3. The number of isothiocyanates is 1. The Labute approximate surface area is 127 Å². The van der Waals surface area contributed by atoms with Crippen molar-refractivity contribution >= 4 is 50.0 Å². The zero-order valence-corrected chi connectivity index (χ0v) is 12.0. The summed E-state index contributed by atoms with van der Waals surface area (Å²) in [6.07, 6.45) is 0. The van der Waals surface area contributed by atoms with Gasteiger partial charge in [-0.3, -0.25) is 0 Å². The van der Waals surface area contributed by atoms with Crippen LogP contribution in [0.4, 0.5) is 0 Å². The van der Waals surface area contributed by atoms with Crippen LogP contribution in [0.25, 0.3) is 32.6 Å². The molecule has 21 heavy (non-hydrogen) atoms. The first-order valence-corrected chi connectivity index (χ1v) is 6.95. The molecule has 3 heteroatoms. The summed E-state index contributed by atoms with van der Waals surface area (Å²) < 4.78 is 0. The Morgan fingerprint density at radius 2 is 1.43 bits per heavy atom. The van der Waals surface area contributed by atoms with Crippen LogP contribution in [0, 0.1) is 5.41 Å². The molecule has 0 aliphatic rings. The molecule has 0 fully saturated rings. The average Bonchev–Trinajstić information content (AvgIpc) is 2.54. The molecular formula is C18H12N2S. The summed E-state index contributed by atoms with van der Waals surface area (Å²) in [7, 11) is 0. The second-order valence-corrected chi connectivity index (χ2v) is 4.85. The van der Waals surface area contributed by atoms with Crippen LogP contribution in [0.5, 0.6) is 0 Å². The standard InChI is InChI=1S/C17H11N.CHNS/c1-3-7-15-12(5-1)9-10-14-11-13-6-2-4-8-16(13)18-17(14)15;2-1-3/h1-11H;2H. The number of fused-ring (bicyclic) bond motifs is 4. The molecule has 100 valence electrons. The van der Waals surface area contributed by atoms with E-state index in [2.05, 4.69) is 72.9 Å². The number of aromatic nitrogens is 1. The Bertz CT molecular complexity index is 964. The lowest BCUT2D eigenvalue weighted by Gasteiger charge is -2.05. The summed E-state index contributed by atoms with van der Waals surface area (Å²) in [5.41, 5.74) is 2.15. The first-order valence-electron chi connectivity index (χ1n) is 6.54. The van der Waals surface area contributed by atoms with Crippen LogP contribution < -0.4 is 0 Å². The maximum atomic E-state index is 5.77. The van der Waals surface area contributed by atoms with Crippen LogP contribution in [0.1, 0.15) is 0 Å². The Morgan fingerprint density at radius 3 is 2.24 bits per heavy atom. The Hall–Kier alpha value is -2.61. The molecule has 0 radical (unpaired) electrons. The second kappa shape index (κ2) is 5.80. The van der Waals surface area contributed by atoms with E-state index in [0.717, 1.165) is 11.0 Å². The maximum absolute atomic E-state index is 5.77. The zero-order valence-electron chi connectivity index (χ0n) is 11.2. The minimum Gasteiger partial charge on any atom is -0.248 e. The van der Waals surface area contributed by atoms with E-state index in [9.17, 15) is 0 Å². The number of nitrogens with zero attached hydrogens (tertiary/aromatic N) is 1. The van der Waals surface area contributed by atoms with Gasteiger partial charge in [-0.25, -0.2) is 10.4 Å². The highest BCUT2D eigenvalue weighted by atomic mass is 32.1. The molecule has 4 rings (SSSR count). The van der Waals surface area contributed by atoms with E-state index in [1.54, 1.807) is 5.16 Å². The third kappa shape index (κ3) is 2.52. The van der Waals surface area contributed by atoms with E-state index in [-0.39, 0.29) is 0 Å². The van der Waals surface area contributed by atoms with E-state index in [1.165, 1.54) is 21.5 Å². The highest BCUT2D eigenvalue weighted by Crippen LogP contribution is 2.26. The lowest BCUT2D eigenvalue weighted by molar-refractivity contribution is 1.52. The average molecular weight is 288 g/mol. The Balaban J connectivity index is 0.000000409. The Kier molecular flexibility index (Phi) is 3.69. The largest absolute Gasteiger partial charge is 0.248 e. The van der Waals surface area contributed by atoms with Crippen LogP contribution in [-0.2, 0) is 0 Å². The van der Waals surface area contributed by atoms with E-state index >= 15 is 0 Å². The predicted molar refractivity (Wildman–Crippen MR) is 92.1 cm³/mol. The van der Waals surface area contributed by atoms with Crippen LogP contribution in [0.3, 0.4) is 0 Å². The van der Waals surface area contributed by atoms with Crippen molar-refractivity contribution in [2.75, 3.05) is 0 Å². The van der Waals surface area contributed by atoms with Gasteiger partial charge >= 0.3 is 0 Å². The summed E-state index contributed by atoms with van der Waals surface area (Å²) in [5.74, 6) is 0. The number of hydrogen-bond acceptors (Lipinski definition) is 3. The fraction of sp³-hybridized carbons (Fsp3) is 0. The highest BCUT2D eigenvalue weighted by Gasteiger charge is 2.03. The summed E-state index contributed by atoms with van der Waals surface area (Å²) in [6.45, 7) is 0. The molecule has 1 aromatic heterocycles. The van der Waals surface area contributed by atoms with Gasteiger partial charge in [0.15, 0.2) is 0 Å². The quantitative estimate of drug-likeness (QED) is 0.209. The van der Waals surface area contributed by atoms with Gasteiger partial charge < -0.3 is 0 Å². The predicted octanol–water partition coefficient (Wildman–Crippen LogP) is 5.21. The smallest absolute Gasteiger partial charge is 0.0788 e. The van der Waals surface area contributed by atoms with Gasteiger partial charge in [-0.2, -0.15) is 0 Å². The van der Waals surface area contributed by atoms with Gasteiger partial charge in [0.2, 0.25) is 0 Å². The van der Waals surface area contributed by atoms with Crippen molar-refractivity contribution in [2.24, 2.45) is 0 Å². The number of para-hydroxylation sites is 1. The number of rotatable bonds is 0. The monoisotopic (exact) mass is 288 g/mol. The zero-order chi connectivity index (χ0) is 14.7. The van der Waals surface area contributed by atoms with Crippen LogP contribution in [0.2, 0.25) is 0 Å². The number of nitrogens with one attached hydrogen (secondary N) is 1. The minimum atomic E-state index is 1.06. The summed E-state index contributed by atoms with van der Waals surface area (Å²) in [6, 6.07) is 23.2. The molecule has 2 nitrogen and oxygen atoms in total. The molecule has 0 atom stereocenters.